The third-order valence-corrected chi connectivity index (χ3v) is 5.12. The number of carbonyl (C=O) groups excluding carboxylic acids is 2. The van der Waals surface area contributed by atoms with Gasteiger partial charge in [-0.25, -0.2) is 4.52 Å². The van der Waals surface area contributed by atoms with Crippen LogP contribution in [0, 0.1) is 5.41 Å². The number of aromatic nitrogens is 2. The molecule has 0 bridgehead atoms. The Kier molecular flexibility index (Phi) is 4.86. The van der Waals surface area contributed by atoms with Gasteiger partial charge in [0, 0.05) is 6.04 Å². The van der Waals surface area contributed by atoms with E-state index in [9.17, 15) is 9.59 Å². The molecule has 1 fully saturated rings. The Labute approximate surface area is 158 Å². The molecule has 8 nitrogen and oxygen atoms in total. The normalized spacial score (nSPS) is 19.4. The molecule has 1 unspecified atom stereocenters. The van der Waals surface area contributed by atoms with E-state index in [0.29, 0.717) is 23.4 Å². The summed E-state index contributed by atoms with van der Waals surface area (Å²) in [6, 6.07) is 1.85. The Balaban J connectivity index is 2.11. The first-order chi connectivity index (χ1) is 12.6. The maximum Gasteiger partial charge on any atom is 0.253 e. The van der Waals surface area contributed by atoms with Crippen LogP contribution >= 0.6 is 0 Å². The van der Waals surface area contributed by atoms with Gasteiger partial charge in [-0.1, -0.05) is 20.8 Å². The predicted molar refractivity (Wildman–Crippen MR) is 104 cm³/mol. The average Bonchev–Trinajstić information content (AvgIpc) is 2.97. The van der Waals surface area contributed by atoms with Crippen LogP contribution in [-0.4, -0.2) is 46.7 Å². The SMILES string of the molecule is CC1COCC(=O)N1c1cc2c(N[C@H](C)C(C)(C)C)c(C(N)=O)cnn2c1. The lowest BCUT2D eigenvalue weighted by molar-refractivity contribution is -0.127. The average molecular weight is 373 g/mol. The number of fused-ring (bicyclic) bond motifs is 1. The van der Waals surface area contributed by atoms with Gasteiger partial charge in [0.2, 0.25) is 0 Å². The molecule has 3 N–H and O–H groups in total. The summed E-state index contributed by atoms with van der Waals surface area (Å²) in [5.74, 6) is -0.649. The molecule has 1 aliphatic rings. The monoisotopic (exact) mass is 373 g/mol. The van der Waals surface area contributed by atoms with Gasteiger partial charge in [-0.3, -0.25) is 9.59 Å². The standard InChI is InChI=1S/C19H27N5O3/c1-11-9-27-10-16(25)24(11)13-6-15-17(22-12(2)19(3,4)5)14(18(20)26)7-21-23(15)8-13/h6-8,11-12,22H,9-10H2,1-5H3,(H2,20,26)/t11?,12-/m1/s1. The first kappa shape index (κ1) is 19.2. The minimum Gasteiger partial charge on any atom is -0.380 e. The van der Waals surface area contributed by atoms with Gasteiger partial charge in [0.15, 0.2) is 0 Å². The summed E-state index contributed by atoms with van der Waals surface area (Å²) >= 11 is 0. The summed E-state index contributed by atoms with van der Waals surface area (Å²) in [4.78, 5) is 26.0. The highest BCUT2D eigenvalue weighted by Crippen LogP contribution is 2.31. The fourth-order valence-electron chi connectivity index (χ4n) is 3.05. The van der Waals surface area contributed by atoms with Gasteiger partial charge in [0.05, 0.1) is 47.5 Å². The van der Waals surface area contributed by atoms with Crippen molar-refractivity contribution < 1.29 is 14.3 Å². The minimum atomic E-state index is -0.549. The molecule has 1 aliphatic heterocycles. The molecular weight excluding hydrogens is 346 g/mol. The predicted octanol–water partition coefficient (Wildman–Crippen LogP) is 2.03. The van der Waals surface area contributed by atoms with Gasteiger partial charge in [0.1, 0.15) is 6.61 Å². The number of anilines is 2. The van der Waals surface area contributed by atoms with Gasteiger partial charge in [-0.05, 0) is 25.3 Å². The number of hydrogen-bond donors (Lipinski definition) is 2. The molecule has 1 saturated heterocycles. The third-order valence-electron chi connectivity index (χ3n) is 5.12. The van der Waals surface area contributed by atoms with Gasteiger partial charge < -0.3 is 20.7 Å². The van der Waals surface area contributed by atoms with Crippen LogP contribution in [-0.2, 0) is 9.53 Å². The van der Waals surface area contributed by atoms with Crippen molar-refractivity contribution in [3.63, 3.8) is 0 Å². The molecule has 0 aliphatic carbocycles. The lowest BCUT2D eigenvalue weighted by atomic mass is 9.88. The number of nitrogens with zero attached hydrogens (tertiary/aromatic N) is 3. The van der Waals surface area contributed by atoms with E-state index in [1.54, 1.807) is 15.6 Å². The van der Waals surface area contributed by atoms with Crippen LogP contribution in [0.15, 0.2) is 18.5 Å². The van der Waals surface area contributed by atoms with Crippen molar-refractivity contribution >= 4 is 28.7 Å². The molecule has 0 aromatic carbocycles. The van der Waals surface area contributed by atoms with Gasteiger partial charge in [-0.15, -0.1) is 0 Å². The Bertz CT molecular complexity index is 883. The third kappa shape index (κ3) is 3.62. The Morgan fingerprint density at radius 3 is 2.74 bits per heavy atom. The van der Waals surface area contributed by atoms with Crippen LogP contribution in [0.5, 0.6) is 0 Å². The second kappa shape index (κ2) is 6.84. The van der Waals surface area contributed by atoms with E-state index in [1.807, 2.05) is 13.0 Å². The number of primary amides is 1. The zero-order chi connectivity index (χ0) is 19.9. The van der Waals surface area contributed by atoms with E-state index in [-0.39, 0.29) is 30.0 Å². The highest BCUT2D eigenvalue weighted by Gasteiger charge is 2.29. The first-order valence-electron chi connectivity index (χ1n) is 9.07. The minimum absolute atomic E-state index is 0.0285. The van der Waals surface area contributed by atoms with Gasteiger partial charge in [0.25, 0.3) is 11.8 Å². The number of carbonyl (C=O) groups is 2. The smallest absolute Gasteiger partial charge is 0.253 e. The van der Waals surface area contributed by atoms with Crippen LogP contribution < -0.4 is 16.0 Å². The number of amides is 2. The lowest BCUT2D eigenvalue weighted by Crippen LogP contribution is -2.48. The molecule has 3 rings (SSSR count). The van der Waals surface area contributed by atoms with E-state index in [0.717, 1.165) is 5.69 Å². The number of rotatable bonds is 4. The zero-order valence-corrected chi connectivity index (χ0v) is 16.4. The molecule has 3 heterocycles. The molecule has 2 aromatic rings. The molecule has 8 heteroatoms. The van der Waals surface area contributed by atoms with Crippen molar-refractivity contribution in [1.82, 2.24) is 9.61 Å². The maximum absolute atomic E-state index is 12.3. The Hall–Kier alpha value is -2.61. The fourth-order valence-corrected chi connectivity index (χ4v) is 3.05. The van der Waals surface area contributed by atoms with Crippen LogP contribution in [0.25, 0.3) is 5.52 Å². The quantitative estimate of drug-likeness (QED) is 0.854. The Morgan fingerprint density at radius 2 is 2.15 bits per heavy atom. The second-order valence-corrected chi connectivity index (χ2v) is 8.19. The summed E-state index contributed by atoms with van der Waals surface area (Å²) in [6.07, 6.45) is 3.24. The van der Waals surface area contributed by atoms with E-state index < -0.39 is 5.91 Å². The highest BCUT2D eigenvalue weighted by atomic mass is 16.5. The second-order valence-electron chi connectivity index (χ2n) is 8.19. The van der Waals surface area contributed by atoms with Crippen molar-refractivity contribution in [2.24, 2.45) is 11.1 Å². The van der Waals surface area contributed by atoms with Crippen LogP contribution in [0.3, 0.4) is 0 Å². The largest absolute Gasteiger partial charge is 0.380 e. The highest BCUT2D eigenvalue weighted by molar-refractivity contribution is 6.03. The topological polar surface area (TPSA) is 102 Å². The van der Waals surface area contributed by atoms with Crippen molar-refractivity contribution in [1.29, 1.82) is 0 Å². The van der Waals surface area contributed by atoms with E-state index >= 15 is 0 Å². The van der Waals surface area contributed by atoms with Crippen LogP contribution in [0.1, 0.15) is 45.0 Å². The lowest BCUT2D eigenvalue weighted by Gasteiger charge is -2.32. The number of morpholine rings is 1. The number of nitrogens with two attached hydrogens (primary N) is 1. The van der Waals surface area contributed by atoms with E-state index in [2.05, 4.69) is 38.1 Å². The number of nitrogens with one attached hydrogen (secondary N) is 1. The molecule has 2 aromatic heterocycles. The summed E-state index contributed by atoms with van der Waals surface area (Å²) in [5.41, 5.74) is 7.91. The summed E-state index contributed by atoms with van der Waals surface area (Å²) in [5, 5.41) is 7.73. The maximum atomic E-state index is 12.3. The molecule has 0 spiro atoms. The summed E-state index contributed by atoms with van der Waals surface area (Å²) in [7, 11) is 0. The van der Waals surface area contributed by atoms with Crippen molar-refractivity contribution in [3.8, 4) is 0 Å². The molecule has 27 heavy (non-hydrogen) atoms. The van der Waals surface area contributed by atoms with Gasteiger partial charge >= 0.3 is 0 Å². The van der Waals surface area contributed by atoms with Crippen LogP contribution in [0.4, 0.5) is 11.4 Å². The Morgan fingerprint density at radius 1 is 1.44 bits per heavy atom. The first-order valence-corrected chi connectivity index (χ1v) is 9.07. The number of hydrogen-bond acceptors (Lipinski definition) is 5. The molecule has 0 radical (unpaired) electrons. The van der Waals surface area contributed by atoms with Crippen LogP contribution in [0.2, 0.25) is 0 Å². The van der Waals surface area contributed by atoms with Crippen molar-refractivity contribution in [2.45, 2.75) is 46.7 Å². The molecule has 0 saturated carbocycles. The van der Waals surface area contributed by atoms with E-state index in [4.69, 9.17) is 10.5 Å². The van der Waals surface area contributed by atoms with E-state index in [1.165, 1.54) is 6.20 Å². The summed E-state index contributed by atoms with van der Waals surface area (Å²) < 4.78 is 6.96. The summed E-state index contributed by atoms with van der Waals surface area (Å²) in [6.45, 7) is 10.9. The molecular formula is C19H27N5O3. The zero-order valence-electron chi connectivity index (χ0n) is 16.4. The van der Waals surface area contributed by atoms with Crippen molar-refractivity contribution in [2.75, 3.05) is 23.4 Å². The molecule has 2 atom stereocenters. The molecule has 146 valence electrons. The fraction of sp³-hybridized carbons (Fsp3) is 0.526. The number of ether oxygens (including phenoxy) is 1. The molecule has 2 amide bonds. The van der Waals surface area contributed by atoms with Crippen molar-refractivity contribution in [3.05, 3.63) is 24.0 Å². The van der Waals surface area contributed by atoms with Gasteiger partial charge in [-0.2, -0.15) is 5.10 Å².